The smallest absolute Gasteiger partial charge is 0.338 e. The van der Waals surface area contributed by atoms with Gasteiger partial charge in [0.1, 0.15) is 12.4 Å². The summed E-state index contributed by atoms with van der Waals surface area (Å²) in [5, 5.41) is 3.80. The van der Waals surface area contributed by atoms with E-state index >= 15 is 0 Å². The summed E-state index contributed by atoms with van der Waals surface area (Å²) >= 11 is 0. The lowest BCUT2D eigenvalue weighted by atomic mass is 10.2. The van der Waals surface area contributed by atoms with Gasteiger partial charge in [-0.1, -0.05) is 19.0 Å². The lowest BCUT2D eigenvalue weighted by Crippen LogP contribution is -2.30. The summed E-state index contributed by atoms with van der Waals surface area (Å²) in [6.07, 6.45) is 0. The molecule has 1 heterocycles. The number of carbonyl (C=O) groups excluding carboxylic acids is 1. The lowest BCUT2D eigenvalue weighted by Gasteiger charge is -2.18. The van der Waals surface area contributed by atoms with Crippen LogP contribution in [-0.4, -0.2) is 36.9 Å². The molecule has 136 valence electrons. The summed E-state index contributed by atoms with van der Waals surface area (Å²) < 4.78 is 36.5. The van der Waals surface area contributed by atoms with Crippen molar-refractivity contribution in [2.45, 2.75) is 39.2 Å². The maximum atomic E-state index is 12.4. The van der Waals surface area contributed by atoms with Gasteiger partial charge in [0.15, 0.2) is 0 Å². The number of hydrogen-bond donors (Lipinski definition) is 0. The van der Waals surface area contributed by atoms with Gasteiger partial charge in [-0.05, 0) is 38.1 Å². The molecule has 0 fully saturated rings. The highest BCUT2D eigenvalue weighted by Gasteiger charge is 2.22. The van der Waals surface area contributed by atoms with Crippen LogP contribution in [0, 0.1) is 13.8 Å². The molecule has 0 bridgehead atoms. The molecule has 0 amide bonds. The second-order valence-corrected chi connectivity index (χ2v) is 7.43. The van der Waals surface area contributed by atoms with Gasteiger partial charge < -0.3 is 9.26 Å². The van der Waals surface area contributed by atoms with Crippen LogP contribution in [0.1, 0.15) is 41.2 Å². The molecule has 0 radical (unpaired) electrons. The summed E-state index contributed by atoms with van der Waals surface area (Å²) in [7, 11) is -3.54. The van der Waals surface area contributed by atoms with Crippen LogP contribution in [0.4, 0.5) is 0 Å². The predicted molar refractivity (Wildman–Crippen MR) is 91.6 cm³/mol. The van der Waals surface area contributed by atoms with Crippen molar-refractivity contribution >= 4 is 16.0 Å². The first-order valence-electron chi connectivity index (χ1n) is 8.00. The monoisotopic (exact) mass is 366 g/mol. The number of sulfonamides is 1. The van der Waals surface area contributed by atoms with Gasteiger partial charge in [0.25, 0.3) is 0 Å². The lowest BCUT2D eigenvalue weighted by molar-refractivity contribution is 0.0470. The fourth-order valence-corrected chi connectivity index (χ4v) is 3.86. The Bertz CT molecular complexity index is 817. The second-order valence-electron chi connectivity index (χ2n) is 5.49. The molecule has 0 unspecified atom stereocenters. The van der Waals surface area contributed by atoms with Gasteiger partial charge in [-0.2, -0.15) is 4.31 Å². The molecule has 0 aliphatic carbocycles. The molecule has 0 N–H and O–H groups in total. The van der Waals surface area contributed by atoms with Crippen LogP contribution in [0.5, 0.6) is 0 Å². The van der Waals surface area contributed by atoms with Crippen LogP contribution in [-0.2, 0) is 21.4 Å². The fourth-order valence-electron chi connectivity index (χ4n) is 2.40. The van der Waals surface area contributed by atoms with E-state index in [0.717, 1.165) is 5.56 Å². The Morgan fingerprint density at radius 2 is 1.76 bits per heavy atom. The first-order chi connectivity index (χ1) is 11.8. The van der Waals surface area contributed by atoms with Crippen molar-refractivity contribution < 1.29 is 22.5 Å². The number of hydrogen-bond acceptors (Lipinski definition) is 6. The SMILES string of the molecule is CCN(CC)S(=O)(=O)c1ccc(C(=O)OCc2c(C)noc2C)cc1. The van der Waals surface area contributed by atoms with Gasteiger partial charge in [-0.25, -0.2) is 13.2 Å². The fraction of sp³-hybridized carbons (Fsp3) is 0.412. The second kappa shape index (κ2) is 7.79. The minimum absolute atomic E-state index is 0.0551. The number of nitrogens with zero attached hydrogens (tertiary/aromatic N) is 2. The van der Waals surface area contributed by atoms with Crippen molar-refractivity contribution in [1.82, 2.24) is 9.46 Å². The number of carbonyl (C=O) groups is 1. The summed E-state index contributed by atoms with van der Waals surface area (Å²) in [4.78, 5) is 12.3. The van der Waals surface area contributed by atoms with E-state index in [2.05, 4.69) is 5.16 Å². The van der Waals surface area contributed by atoms with Gasteiger partial charge in [0, 0.05) is 13.1 Å². The highest BCUT2D eigenvalue weighted by Crippen LogP contribution is 2.18. The van der Waals surface area contributed by atoms with Gasteiger partial charge in [0.05, 0.1) is 21.7 Å². The third-order valence-electron chi connectivity index (χ3n) is 3.96. The van der Waals surface area contributed by atoms with E-state index in [4.69, 9.17) is 9.26 Å². The zero-order valence-electron chi connectivity index (χ0n) is 14.8. The van der Waals surface area contributed by atoms with Crippen molar-refractivity contribution in [3.05, 3.63) is 46.8 Å². The minimum atomic E-state index is -3.54. The first kappa shape index (κ1) is 19.1. The molecule has 7 nitrogen and oxygen atoms in total. The standard InChI is InChI=1S/C17H22N2O5S/c1-5-19(6-2)25(21,22)15-9-7-14(8-10-15)17(20)23-11-16-12(3)18-24-13(16)4/h7-10H,5-6,11H2,1-4H3. The minimum Gasteiger partial charge on any atom is -0.457 e. The molecule has 8 heteroatoms. The molecular formula is C17H22N2O5S. The number of esters is 1. The molecule has 1 aromatic heterocycles. The van der Waals surface area contributed by atoms with E-state index in [1.165, 1.54) is 28.6 Å². The van der Waals surface area contributed by atoms with Gasteiger partial charge in [0.2, 0.25) is 10.0 Å². The van der Waals surface area contributed by atoms with Crippen molar-refractivity contribution in [2.24, 2.45) is 0 Å². The molecule has 0 atom stereocenters. The third kappa shape index (κ3) is 4.08. The Labute approximate surface area is 147 Å². The summed E-state index contributed by atoms with van der Waals surface area (Å²) in [6.45, 7) is 7.91. The number of aromatic nitrogens is 1. The van der Waals surface area contributed by atoms with Crippen LogP contribution < -0.4 is 0 Å². The molecule has 2 aromatic rings. The van der Waals surface area contributed by atoms with E-state index in [9.17, 15) is 13.2 Å². The largest absolute Gasteiger partial charge is 0.457 e. The number of ether oxygens (including phenoxy) is 1. The van der Waals surface area contributed by atoms with Crippen LogP contribution in [0.3, 0.4) is 0 Å². The summed E-state index contributed by atoms with van der Waals surface area (Å²) in [6, 6.07) is 5.73. The van der Waals surface area contributed by atoms with Gasteiger partial charge in [-0.3, -0.25) is 0 Å². The Morgan fingerprint density at radius 3 is 2.24 bits per heavy atom. The van der Waals surface area contributed by atoms with Crippen molar-refractivity contribution in [3.63, 3.8) is 0 Å². The van der Waals surface area contributed by atoms with Crippen LogP contribution >= 0.6 is 0 Å². The zero-order chi connectivity index (χ0) is 18.6. The third-order valence-corrected chi connectivity index (χ3v) is 6.03. The van der Waals surface area contributed by atoms with Crippen LogP contribution in [0.25, 0.3) is 0 Å². The van der Waals surface area contributed by atoms with Crippen molar-refractivity contribution in [2.75, 3.05) is 13.1 Å². The molecule has 0 spiro atoms. The molecule has 2 rings (SSSR count). The molecule has 0 saturated heterocycles. The van der Waals surface area contributed by atoms with E-state index < -0.39 is 16.0 Å². The molecule has 0 aliphatic heterocycles. The Morgan fingerprint density at radius 1 is 1.16 bits per heavy atom. The maximum absolute atomic E-state index is 12.4. The average molecular weight is 366 g/mol. The van der Waals surface area contributed by atoms with Crippen molar-refractivity contribution in [3.8, 4) is 0 Å². The van der Waals surface area contributed by atoms with Gasteiger partial charge >= 0.3 is 5.97 Å². The van der Waals surface area contributed by atoms with E-state index in [1.54, 1.807) is 27.7 Å². The normalized spacial score (nSPS) is 11.7. The van der Waals surface area contributed by atoms with Gasteiger partial charge in [-0.15, -0.1) is 0 Å². The Balaban J connectivity index is 2.10. The zero-order valence-corrected chi connectivity index (χ0v) is 15.6. The quantitative estimate of drug-likeness (QED) is 0.700. The molecule has 25 heavy (non-hydrogen) atoms. The summed E-state index contributed by atoms with van der Waals surface area (Å²) in [5.74, 6) is 0.0674. The number of rotatable bonds is 7. The first-order valence-corrected chi connectivity index (χ1v) is 9.44. The van der Waals surface area contributed by atoms with Crippen LogP contribution in [0.2, 0.25) is 0 Å². The van der Waals surface area contributed by atoms with Crippen LogP contribution in [0.15, 0.2) is 33.7 Å². The van der Waals surface area contributed by atoms with E-state index in [0.29, 0.717) is 24.5 Å². The Hall–Kier alpha value is -2.19. The molecule has 0 aliphatic rings. The average Bonchev–Trinajstić information content (AvgIpc) is 2.92. The molecular weight excluding hydrogens is 344 g/mol. The molecule has 0 saturated carbocycles. The molecule has 1 aromatic carbocycles. The Kier molecular flexibility index (Phi) is 5.97. The number of benzene rings is 1. The van der Waals surface area contributed by atoms with E-state index in [1.807, 2.05) is 0 Å². The van der Waals surface area contributed by atoms with Crippen molar-refractivity contribution in [1.29, 1.82) is 0 Å². The maximum Gasteiger partial charge on any atom is 0.338 e. The highest BCUT2D eigenvalue weighted by molar-refractivity contribution is 7.89. The van der Waals surface area contributed by atoms with E-state index in [-0.39, 0.29) is 17.1 Å². The summed E-state index contributed by atoms with van der Waals surface area (Å²) in [5.41, 5.74) is 1.69. The highest BCUT2D eigenvalue weighted by atomic mass is 32.2. The number of aryl methyl sites for hydroxylation is 2. The topological polar surface area (TPSA) is 89.7 Å². The predicted octanol–water partition coefficient (Wildman–Crippen LogP) is 2.68.